The highest BCUT2D eigenvalue weighted by Crippen LogP contribution is 2.30. The molecular weight excluding hydrogens is 176 g/mol. The summed E-state index contributed by atoms with van der Waals surface area (Å²) >= 11 is 0. The van der Waals surface area contributed by atoms with Crippen LogP contribution in [0.5, 0.6) is 0 Å². The summed E-state index contributed by atoms with van der Waals surface area (Å²) in [5.41, 5.74) is 5.47. The van der Waals surface area contributed by atoms with Crippen LogP contribution in [0.2, 0.25) is 0 Å². The maximum absolute atomic E-state index is 8.50. The Kier molecular flexibility index (Phi) is 4.37. The van der Waals surface area contributed by atoms with Gasteiger partial charge in [0.1, 0.15) is 6.04 Å². The zero-order chi connectivity index (χ0) is 10.6. The minimum atomic E-state index is -0.468. The maximum atomic E-state index is 8.50. The normalized spacial score (nSPS) is 34.9. The average molecular weight is 196 g/mol. The standard InChI is InChI=1S/C11H20N2O/c1-8-3-4-11(5-9(8)2)14-7-10(13)6-12/h8-11H,3-5,7,13H2,1-2H3. The third-order valence-corrected chi connectivity index (χ3v) is 3.23. The fourth-order valence-corrected chi connectivity index (χ4v) is 1.93. The van der Waals surface area contributed by atoms with Gasteiger partial charge in [-0.2, -0.15) is 5.26 Å². The van der Waals surface area contributed by atoms with E-state index in [1.54, 1.807) is 0 Å². The Morgan fingerprint density at radius 1 is 1.43 bits per heavy atom. The lowest BCUT2D eigenvalue weighted by atomic mass is 9.80. The van der Waals surface area contributed by atoms with E-state index < -0.39 is 6.04 Å². The van der Waals surface area contributed by atoms with Crippen molar-refractivity contribution in [3.8, 4) is 6.07 Å². The molecule has 3 heteroatoms. The van der Waals surface area contributed by atoms with Crippen LogP contribution in [-0.2, 0) is 4.74 Å². The summed E-state index contributed by atoms with van der Waals surface area (Å²) < 4.78 is 5.61. The molecule has 14 heavy (non-hydrogen) atoms. The monoisotopic (exact) mass is 196 g/mol. The predicted molar refractivity (Wildman–Crippen MR) is 55.5 cm³/mol. The summed E-state index contributed by atoms with van der Waals surface area (Å²) in [4.78, 5) is 0. The molecule has 0 aromatic carbocycles. The fourth-order valence-electron chi connectivity index (χ4n) is 1.93. The van der Waals surface area contributed by atoms with Crippen molar-refractivity contribution in [1.29, 1.82) is 5.26 Å². The second-order valence-corrected chi connectivity index (χ2v) is 4.46. The number of rotatable bonds is 3. The molecule has 1 rings (SSSR count). The van der Waals surface area contributed by atoms with Crippen LogP contribution in [0.4, 0.5) is 0 Å². The van der Waals surface area contributed by atoms with Crippen molar-refractivity contribution in [2.75, 3.05) is 6.61 Å². The Bertz CT molecular complexity index is 212. The zero-order valence-electron chi connectivity index (χ0n) is 9.07. The summed E-state index contributed by atoms with van der Waals surface area (Å²) in [5, 5.41) is 8.50. The molecule has 0 heterocycles. The van der Waals surface area contributed by atoms with Crippen LogP contribution in [0.1, 0.15) is 33.1 Å². The van der Waals surface area contributed by atoms with Gasteiger partial charge in [-0.05, 0) is 31.1 Å². The van der Waals surface area contributed by atoms with E-state index in [0.29, 0.717) is 12.7 Å². The van der Waals surface area contributed by atoms with Gasteiger partial charge in [-0.15, -0.1) is 0 Å². The highest BCUT2D eigenvalue weighted by atomic mass is 16.5. The van der Waals surface area contributed by atoms with Crippen LogP contribution < -0.4 is 5.73 Å². The van der Waals surface area contributed by atoms with Crippen LogP contribution in [0.15, 0.2) is 0 Å². The molecule has 1 aliphatic rings. The molecule has 3 nitrogen and oxygen atoms in total. The van der Waals surface area contributed by atoms with Crippen molar-refractivity contribution < 1.29 is 4.74 Å². The van der Waals surface area contributed by atoms with E-state index >= 15 is 0 Å². The first kappa shape index (κ1) is 11.5. The van der Waals surface area contributed by atoms with Crippen molar-refractivity contribution in [3.63, 3.8) is 0 Å². The Morgan fingerprint density at radius 2 is 2.14 bits per heavy atom. The number of nitrogens with two attached hydrogens (primary N) is 1. The molecule has 1 fully saturated rings. The van der Waals surface area contributed by atoms with Gasteiger partial charge >= 0.3 is 0 Å². The Labute approximate surface area is 86.2 Å². The number of nitrogens with zero attached hydrogens (tertiary/aromatic N) is 1. The molecule has 2 N–H and O–H groups in total. The van der Waals surface area contributed by atoms with Crippen LogP contribution in [0.25, 0.3) is 0 Å². The largest absolute Gasteiger partial charge is 0.375 e. The van der Waals surface area contributed by atoms with Gasteiger partial charge in [-0.1, -0.05) is 13.8 Å². The van der Waals surface area contributed by atoms with Gasteiger partial charge in [-0.3, -0.25) is 0 Å². The van der Waals surface area contributed by atoms with Gasteiger partial charge in [0.25, 0.3) is 0 Å². The van der Waals surface area contributed by atoms with Gasteiger partial charge in [0, 0.05) is 0 Å². The van der Waals surface area contributed by atoms with Gasteiger partial charge in [-0.25, -0.2) is 0 Å². The van der Waals surface area contributed by atoms with Crippen LogP contribution in [0.3, 0.4) is 0 Å². The van der Waals surface area contributed by atoms with Crippen molar-refractivity contribution in [2.24, 2.45) is 17.6 Å². The molecule has 4 atom stereocenters. The number of hydrogen-bond acceptors (Lipinski definition) is 3. The first-order valence-corrected chi connectivity index (χ1v) is 5.40. The first-order chi connectivity index (χ1) is 6.63. The molecule has 0 bridgehead atoms. The van der Waals surface area contributed by atoms with E-state index in [2.05, 4.69) is 13.8 Å². The fraction of sp³-hybridized carbons (Fsp3) is 0.909. The molecule has 0 saturated heterocycles. The van der Waals surface area contributed by atoms with Crippen molar-refractivity contribution in [3.05, 3.63) is 0 Å². The topological polar surface area (TPSA) is 59.0 Å². The van der Waals surface area contributed by atoms with Gasteiger partial charge in [0.05, 0.1) is 18.8 Å². The number of hydrogen-bond donors (Lipinski definition) is 1. The SMILES string of the molecule is CC1CCC(OCC(N)C#N)CC1C. The Hall–Kier alpha value is -0.590. The summed E-state index contributed by atoms with van der Waals surface area (Å²) in [6.45, 7) is 4.94. The second-order valence-electron chi connectivity index (χ2n) is 4.46. The summed E-state index contributed by atoms with van der Waals surface area (Å²) in [7, 11) is 0. The highest BCUT2D eigenvalue weighted by Gasteiger charge is 2.25. The zero-order valence-corrected chi connectivity index (χ0v) is 9.07. The lowest BCUT2D eigenvalue weighted by Gasteiger charge is -2.32. The maximum Gasteiger partial charge on any atom is 0.116 e. The van der Waals surface area contributed by atoms with Crippen LogP contribution in [0, 0.1) is 23.2 Å². The minimum absolute atomic E-state index is 0.320. The lowest BCUT2D eigenvalue weighted by Crippen LogP contribution is -2.31. The molecule has 0 aromatic heterocycles. The molecule has 0 spiro atoms. The van der Waals surface area contributed by atoms with Gasteiger partial charge in [0.2, 0.25) is 0 Å². The van der Waals surface area contributed by atoms with Crippen molar-refractivity contribution in [2.45, 2.75) is 45.3 Å². The average Bonchev–Trinajstić information content (AvgIpc) is 2.19. The summed E-state index contributed by atoms with van der Waals surface area (Å²) in [6.07, 6.45) is 3.77. The van der Waals surface area contributed by atoms with E-state index in [1.807, 2.05) is 6.07 Å². The van der Waals surface area contributed by atoms with E-state index in [0.717, 1.165) is 24.7 Å². The third kappa shape index (κ3) is 3.28. The van der Waals surface area contributed by atoms with Crippen LogP contribution >= 0.6 is 0 Å². The van der Waals surface area contributed by atoms with Crippen LogP contribution in [-0.4, -0.2) is 18.8 Å². The predicted octanol–water partition coefficient (Wildman–Crippen LogP) is 1.68. The van der Waals surface area contributed by atoms with Crippen molar-refractivity contribution in [1.82, 2.24) is 0 Å². The molecule has 4 unspecified atom stereocenters. The lowest BCUT2D eigenvalue weighted by molar-refractivity contribution is 0.00128. The molecule has 0 aromatic rings. The highest BCUT2D eigenvalue weighted by molar-refractivity contribution is 4.86. The molecule has 1 saturated carbocycles. The second kappa shape index (κ2) is 5.33. The Morgan fingerprint density at radius 3 is 2.71 bits per heavy atom. The molecule has 80 valence electrons. The molecular formula is C11H20N2O. The smallest absolute Gasteiger partial charge is 0.116 e. The van der Waals surface area contributed by atoms with Gasteiger partial charge in [0.15, 0.2) is 0 Å². The van der Waals surface area contributed by atoms with E-state index in [4.69, 9.17) is 15.7 Å². The molecule has 0 aliphatic heterocycles. The number of ether oxygens (including phenoxy) is 1. The molecule has 0 amide bonds. The third-order valence-electron chi connectivity index (χ3n) is 3.23. The summed E-state index contributed by atoms with van der Waals surface area (Å²) in [5.74, 6) is 1.53. The molecule has 0 radical (unpaired) electrons. The molecule has 1 aliphatic carbocycles. The first-order valence-electron chi connectivity index (χ1n) is 5.40. The van der Waals surface area contributed by atoms with E-state index in [-0.39, 0.29) is 0 Å². The number of nitriles is 1. The van der Waals surface area contributed by atoms with Crippen molar-refractivity contribution >= 4 is 0 Å². The quantitative estimate of drug-likeness (QED) is 0.747. The minimum Gasteiger partial charge on any atom is -0.375 e. The van der Waals surface area contributed by atoms with E-state index in [1.165, 1.54) is 6.42 Å². The van der Waals surface area contributed by atoms with E-state index in [9.17, 15) is 0 Å². The summed E-state index contributed by atoms with van der Waals surface area (Å²) in [6, 6.07) is 1.51. The Balaban J connectivity index is 2.24. The van der Waals surface area contributed by atoms with Gasteiger partial charge < -0.3 is 10.5 Å².